The average Bonchev–Trinajstić information content (AvgIpc) is 2.08. The van der Waals surface area contributed by atoms with E-state index in [1.807, 2.05) is 6.92 Å². The molecule has 0 saturated carbocycles. The van der Waals surface area contributed by atoms with Gasteiger partial charge in [-0.05, 0) is 26.0 Å². The van der Waals surface area contributed by atoms with E-state index in [1.54, 1.807) is 12.1 Å². The Morgan fingerprint density at radius 1 is 1.21 bits per heavy atom. The van der Waals surface area contributed by atoms with E-state index in [4.69, 9.17) is 0 Å². The van der Waals surface area contributed by atoms with Crippen molar-refractivity contribution < 1.29 is 13.5 Å². The van der Waals surface area contributed by atoms with Crippen LogP contribution in [0.15, 0.2) is 36.4 Å². The first kappa shape index (κ1) is 10.7. The van der Waals surface area contributed by atoms with E-state index in [1.165, 1.54) is 25.1 Å². The highest BCUT2D eigenvalue weighted by atomic mass is 19.3. The van der Waals surface area contributed by atoms with Gasteiger partial charge in [0.2, 0.25) is 0 Å². The zero-order chi connectivity index (χ0) is 10.6. The molecule has 0 N–H and O–H groups in total. The van der Waals surface area contributed by atoms with Crippen LogP contribution >= 0.6 is 0 Å². The van der Waals surface area contributed by atoms with Gasteiger partial charge in [0.1, 0.15) is 5.75 Å². The quantitative estimate of drug-likeness (QED) is 0.675. The number of alkyl halides is 2. The van der Waals surface area contributed by atoms with Crippen molar-refractivity contribution in [2.45, 2.75) is 20.0 Å². The predicted molar refractivity (Wildman–Crippen MR) is 51.6 cm³/mol. The molecule has 0 bridgehead atoms. The lowest BCUT2D eigenvalue weighted by molar-refractivity contribution is -0.131. The lowest BCUT2D eigenvalue weighted by Crippen LogP contribution is -2.21. The molecule has 0 unspecified atom stereocenters. The lowest BCUT2D eigenvalue weighted by Gasteiger charge is -2.13. The summed E-state index contributed by atoms with van der Waals surface area (Å²) in [6.45, 7) is 3.40. The van der Waals surface area contributed by atoms with Crippen molar-refractivity contribution in [3.63, 3.8) is 0 Å². The maximum Gasteiger partial charge on any atom is 0.419 e. The Bertz CT molecular complexity index is 315. The van der Waals surface area contributed by atoms with E-state index < -0.39 is 6.11 Å². The second kappa shape index (κ2) is 4.22. The molecule has 14 heavy (non-hydrogen) atoms. The molecule has 3 heteroatoms. The maximum atomic E-state index is 12.9. The van der Waals surface area contributed by atoms with Crippen molar-refractivity contribution in [3.05, 3.63) is 42.0 Å². The normalized spacial score (nSPS) is 12.0. The molecule has 0 saturated heterocycles. The van der Waals surface area contributed by atoms with Gasteiger partial charge in [0.05, 0.1) is 0 Å². The van der Waals surface area contributed by atoms with E-state index in [0.717, 1.165) is 5.56 Å². The average molecular weight is 198 g/mol. The Balaban J connectivity index is 2.73. The molecule has 0 radical (unpaired) electrons. The molecule has 0 fully saturated rings. The second-order valence-corrected chi connectivity index (χ2v) is 2.98. The maximum absolute atomic E-state index is 12.9. The third kappa shape index (κ3) is 3.17. The van der Waals surface area contributed by atoms with Crippen molar-refractivity contribution in [2.75, 3.05) is 0 Å². The van der Waals surface area contributed by atoms with Gasteiger partial charge in [-0.25, -0.2) is 0 Å². The molecular formula is C11H12F2O. The molecule has 76 valence electrons. The summed E-state index contributed by atoms with van der Waals surface area (Å²) in [4.78, 5) is 0. The number of hydrogen-bond acceptors (Lipinski definition) is 1. The van der Waals surface area contributed by atoms with Gasteiger partial charge >= 0.3 is 6.11 Å². The third-order valence-corrected chi connectivity index (χ3v) is 1.64. The number of benzene rings is 1. The third-order valence-electron chi connectivity index (χ3n) is 1.64. The molecule has 1 nitrogen and oxygen atoms in total. The highest BCUT2D eigenvalue weighted by Crippen LogP contribution is 2.22. The molecule has 0 spiro atoms. The first-order valence-corrected chi connectivity index (χ1v) is 4.31. The van der Waals surface area contributed by atoms with E-state index >= 15 is 0 Å². The fourth-order valence-electron chi connectivity index (χ4n) is 0.991. The zero-order valence-corrected chi connectivity index (χ0v) is 8.13. The van der Waals surface area contributed by atoms with Crippen LogP contribution in [-0.2, 0) is 0 Å². The summed E-state index contributed by atoms with van der Waals surface area (Å²) < 4.78 is 30.3. The minimum atomic E-state index is -3.23. The highest BCUT2D eigenvalue weighted by molar-refractivity contribution is 5.26. The molecule has 0 aromatic heterocycles. The molecule has 0 aliphatic rings. The minimum absolute atomic E-state index is 0.165. The van der Waals surface area contributed by atoms with E-state index in [9.17, 15) is 8.78 Å². The van der Waals surface area contributed by atoms with Crippen molar-refractivity contribution in [1.29, 1.82) is 0 Å². The van der Waals surface area contributed by atoms with Crippen molar-refractivity contribution in [2.24, 2.45) is 0 Å². The first-order chi connectivity index (χ1) is 6.53. The Morgan fingerprint density at radius 2 is 1.79 bits per heavy atom. The topological polar surface area (TPSA) is 9.23 Å². The fourth-order valence-corrected chi connectivity index (χ4v) is 0.991. The van der Waals surface area contributed by atoms with Crippen LogP contribution in [0.1, 0.15) is 12.5 Å². The van der Waals surface area contributed by atoms with Gasteiger partial charge in [0.15, 0.2) is 0 Å². The number of hydrogen-bond donors (Lipinski definition) is 0. The number of allylic oxidation sites excluding steroid dienone is 1. The van der Waals surface area contributed by atoms with Crippen LogP contribution in [0.25, 0.3) is 0 Å². The highest BCUT2D eigenvalue weighted by Gasteiger charge is 2.26. The first-order valence-electron chi connectivity index (χ1n) is 4.31. The fraction of sp³-hybridized carbons (Fsp3) is 0.273. The molecule has 1 aromatic carbocycles. The summed E-state index contributed by atoms with van der Waals surface area (Å²) in [7, 11) is 0. The van der Waals surface area contributed by atoms with E-state index in [-0.39, 0.29) is 5.75 Å². The Morgan fingerprint density at radius 3 is 2.29 bits per heavy atom. The summed E-state index contributed by atoms with van der Waals surface area (Å²) in [6.07, 6.45) is -1.26. The summed E-state index contributed by atoms with van der Waals surface area (Å²) in [5, 5.41) is 0. The van der Waals surface area contributed by atoms with Crippen LogP contribution in [0.3, 0.4) is 0 Å². The standard InChI is InChI=1S/C11H12F2O/c1-3-8-11(12,13)14-10-6-4-9(2)5-7-10/h3-8H,1-2H3/b8-3+. The van der Waals surface area contributed by atoms with Gasteiger partial charge in [-0.3, -0.25) is 0 Å². The largest absolute Gasteiger partial charge is 0.429 e. The number of ether oxygens (including phenoxy) is 1. The van der Waals surface area contributed by atoms with Gasteiger partial charge < -0.3 is 4.74 Å². The summed E-state index contributed by atoms with van der Waals surface area (Å²) in [5.74, 6) is 0.165. The number of halogens is 2. The summed E-state index contributed by atoms with van der Waals surface area (Å²) >= 11 is 0. The van der Waals surface area contributed by atoms with Gasteiger partial charge in [-0.2, -0.15) is 8.78 Å². The van der Waals surface area contributed by atoms with Crippen molar-refractivity contribution >= 4 is 0 Å². The second-order valence-electron chi connectivity index (χ2n) is 2.98. The van der Waals surface area contributed by atoms with Gasteiger partial charge in [-0.1, -0.05) is 23.8 Å². The monoisotopic (exact) mass is 198 g/mol. The van der Waals surface area contributed by atoms with Gasteiger partial charge in [0.25, 0.3) is 0 Å². The number of aryl methyl sites for hydroxylation is 1. The molecule has 0 atom stereocenters. The number of rotatable bonds is 3. The van der Waals surface area contributed by atoms with Crippen LogP contribution in [0, 0.1) is 6.92 Å². The summed E-state index contributed by atoms with van der Waals surface area (Å²) in [6, 6.07) is 6.49. The van der Waals surface area contributed by atoms with Crippen molar-refractivity contribution in [3.8, 4) is 5.75 Å². The lowest BCUT2D eigenvalue weighted by atomic mass is 10.2. The molecule has 0 aliphatic carbocycles. The van der Waals surface area contributed by atoms with Crippen LogP contribution in [-0.4, -0.2) is 6.11 Å². The smallest absolute Gasteiger partial charge is 0.419 e. The Kier molecular flexibility index (Phi) is 3.23. The predicted octanol–water partition coefficient (Wildman–Crippen LogP) is 3.54. The van der Waals surface area contributed by atoms with Crippen molar-refractivity contribution in [1.82, 2.24) is 0 Å². The molecule has 0 amide bonds. The van der Waals surface area contributed by atoms with Gasteiger partial charge in [-0.15, -0.1) is 0 Å². The van der Waals surface area contributed by atoms with Crippen LogP contribution < -0.4 is 4.74 Å². The van der Waals surface area contributed by atoms with E-state index in [0.29, 0.717) is 6.08 Å². The molecule has 1 aromatic rings. The minimum Gasteiger partial charge on any atom is -0.429 e. The van der Waals surface area contributed by atoms with Crippen LogP contribution in [0.4, 0.5) is 8.78 Å². The van der Waals surface area contributed by atoms with E-state index in [2.05, 4.69) is 4.74 Å². The van der Waals surface area contributed by atoms with Gasteiger partial charge in [0, 0.05) is 6.08 Å². The van der Waals surface area contributed by atoms with Crippen LogP contribution in [0.5, 0.6) is 5.75 Å². The van der Waals surface area contributed by atoms with Crippen LogP contribution in [0.2, 0.25) is 0 Å². The molecular weight excluding hydrogens is 186 g/mol. The summed E-state index contributed by atoms with van der Waals surface area (Å²) in [5.41, 5.74) is 1.01. The molecule has 0 aliphatic heterocycles. The molecule has 1 rings (SSSR count). The Hall–Kier alpha value is -1.38. The SMILES string of the molecule is C/C=C/C(F)(F)Oc1ccc(C)cc1. The zero-order valence-electron chi connectivity index (χ0n) is 8.13. The molecule has 0 heterocycles. The Labute approximate surface area is 82.0 Å².